The molecule has 4 rings (SSSR count). The molecule has 11 heteroatoms. The number of hydrogen-bond acceptors (Lipinski definition) is 4. The van der Waals surface area contributed by atoms with Crippen LogP contribution in [0.4, 0.5) is 33.9 Å². The Morgan fingerprint density at radius 1 is 1.02 bits per heavy atom. The Balaban J connectivity index is 1.61. The summed E-state index contributed by atoms with van der Waals surface area (Å²) >= 11 is 0. The van der Waals surface area contributed by atoms with Gasteiger partial charge in [0, 0.05) is 36.8 Å². The summed E-state index contributed by atoms with van der Waals surface area (Å²) in [4.78, 5) is 32.9. The van der Waals surface area contributed by atoms with E-state index in [0.717, 1.165) is 43.5 Å². The number of halogens is 4. The monoisotopic (exact) mass is 557 g/mol. The number of carbonyl (C=O) groups is 2. The number of nitrogens with zero attached hydrogens (tertiary/aromatic N) is 2. The van der Waals surface area contributed by atoms with Gasteiger partial charge in [0.1, 0.15) is 11.6 Å². The zero-order chi connectivity index (χ0) is 29.2. The van der Waals surface area contributed by atoms with E-state index in [2.05, 4.69) is 20.9 Å². The number of benzene rings is 1. The molecule has 212 valence electrons. The minimum atomic E-state index is -4.41. The summed E-state index contributed by atoms with van der Waals surface area (Å²) in [6, 6.07) is 9.30. The quantitative estimate of drug-likeness (QED) is 0.255. The molecule has 2 aromatic heterocycles. The molecule has 0 radical (unpaired) electrons. The number of nitrogens with one attached hydrogen (secondary N) is 3. The van der Waals surface area contributed by atoms with Crippen molar-refractivity contribution in [2.24, 2.45) is 5.41 Å². The van der Waals surface area contributed by atoms with E-state index in [-0.39, 0.29) is 24.6 Å². The molecule has 40 heavy (non-hydrogen) atoms. The fourth-order valence-electron chi connectivity index (χ4n) is 4.16. The van der Waals surface area contributed by atoms with E-state index in [1.54, 1.807) is 25.3 Å². The molecule has 0 spiro atoms. The van der Waals surface area contributed by atoms with Crippen molar-refractivity contribution in [1.29, 1.82) is 0 Å². The molecule has 0 atom stereocenters. The summed E-state index contributed by atoms with van der Waals surface area (Å²) in [7, 11) is 0. The molecule has 1 saturated carbocycles. The van der Waals surface area contributed by atoms with Crippen LogP contribution in [-0.4, -0.2) is 34.6 Å². The van der Waals surface area contributed by atoms with Crippen LogP contribution in [0.5, 0.6) is 0 Å². The molecule has 1 aromatic carbocycles. The van der Waals surface area contributed by atoms with Gasteiger partial charge in [-0.3, -0.25) is 9.78 Å². The third-order valence-corrected chi connectivity index (χ3v) is 6.88. The van der Waals surface area contributed by atoms with Gasteiger partial charge in [0.05, 0.1) is 16.8 Å². The van der Waals surface area contributed by atoms with E-state index >= 15 is 0 Å². The van der Waals surface area contributed by atoms with Gasteiger partial charge in [-0.1, -0.05) is 13.8 Å². The second-order valence-electron chi connectivity index (χ2n) is 10.7. The highest BCUT2D eigenvalue weighted by atomic mass is 19.4. The van der Waals surface area contributed by atoms with Gasteiger partial charge in [-0.15, -0.1) is 0 Å². The summed E-state index contributed by atoms with van der Waals surface area (Å²) in [5.74, 6) is -0.224. The first-order valence-corrected chi connectivity index (χ1v) is 12.9. The summed E-state index contributed by atoms with van der Waals surface area (Å²) in [6.07, 6.45) is -1.15. The molecule has 3 N–H and O–H groups in total. The molecule has 1 aliphatic rings. The third kappa shape index (κ3) is 6.94. The van der Waals surface area contributed by atoms with Gasteiger partial charge in [0.2, 0.25) is 5.91 Å². The lowest BCUT2D eigenvalue weighted by molar-refractivity contribution is -0.213. The van der Waals surface area contributed by atoms with E-state index < -0.39 is 23.4 Å². The molecule has 3 amide bonds. The molecule has 1 aliphatic carbocycles. The van der Waals surface area contributed by atoms with Gasteiger partial charge in [-0.2, -0.15) is 13.2 Å². The summed E-state index contributed by atoms with van der Waals surface area (Å²) in [5.41, 5.74) is 2.25. The van der Waals surface area contributed by atoms with Crippen LogP contribution in [0.3, 0.4) is 0 Å². The first kappa shape index (κ1) is 29.0. The van der Waals surface area contributed by atoms with Gasteiger partial charge in [0.25, 0.3) is 0 Å². The van der Waals surface area contributed by atoms with E-state index in [0.29, 0.717) is 28.6 Å². The average Bonchev–Trinajstić information content (AvgIpc) is 3.70. The molecule has 0 aliphatic heterocycles. The maximum absolute atomic E-state index is 14.8. The fraction of sp³-hybridized carbons (Fsp3) is 0.379. The SMILES string of the molecule is CC(=O)Nc1cc(-c2cc(-c3cc(NC(=O)NCCC(C)(C)C(F)(F)F)c(F)cc3C)cc(C3CC3)n2)ccn1. The van der Waals surface area contributed by atoms with Crippen molar-refractivity contribution in [2.45, 2.75) is 59.1 Å². The number of urea groups is 1. The average molecular weight is 558 g/mol. The second-order valence-corrected chi connectivity index (χ2v) is 10.7. The van der Waals surface area contributed by atoms with E-state index in [9.17, 15) is 27.2 Å². The maximum atomic E-state index is 14.8. The summed E-state index contributed by atoms with van der Waals surface area (Å²) in [5, 5.41) is 7.46. The zero-order valence-electron chi connectivity index (χ0n) is 22.7. The predicted molar refractivity (Wildman–Crippen MR) is 145 cm³/mol. The van der Waals surface area contributed by atoms with Crippen molar-refractivity contribution in [2.75, 3.05) is 17.2 Å². The molecule has 2 heterocycles. The van der Waals surface area contributed by atoms with Crippen LogP contribution in [0.1, 0.15) is 57.2 Å². The lowest BCUT2D eigenvalue weighted by atomic mass is 9.89. The zero-order valence-corrected chi connectivity index (χ0v) is 22.7. The first-order valence-electron chi connectivity index (χ1n) is 12.9. The van der Waals surface area contributed by atoms with Gasteiger partial charge in [0.15, 0.2) is 0 Å². The van der Waals surface area contributed by atoms with Crippen molar-refractivity contribution in [1.82, 2.24) is 15.3 Å². The van der Waals surface area contributed by atoms with E-state index in [4.69, 9.17) is 4.98 Å². The summed E-state index contributed by atoms with van der Waals surface area (Å²) < 4.78 is 54.1. The maximum Gasteiger partial charge on any atom is 0.394 e. The molecular formula is C29H31F4N5O2. The number of carbonyl (C=O) groups excluding carboxylic acids is 2. The van der Waals surface area contributed by atoms with Crippen LogP contribution >= 0.6 is 0 Å². The Kier molecular flexibility index (Phi) is 8.13. The standard InChI is InChI=1S/C29H31F4N5O2/c1-16-11-22(30)25(38-27(40)35-10-8-28(3,4)29(31,32)33)15-21(16)20-12-23(18-5-6-18)37-24(13-20)19-7-9-34-26(14-19)36-17(2)39/h7,9,11-15,18H,5-6,8,10H2,1-4H3,(H,34,36,39)(H2,35,38,40). The number of pyridine rings is 2. The number of aromatic nitrogens is 2. The Morgan fingerprint density at radius 2 is 1.75 bits per heavy atom. The van der Waals surface area contributed by atoms with Crippen molar-refractivity contribution < 1.29 is 27.2 Å². The molecule has 0 bridgehead atoms. The van der Waals surface area contributed by atoms with E-state index in [1.165, 1.54) is 19.1 Å². The number of hydrogen-bond donors (Lipinski definition) is 3. The smallest absolute Gasteiger partial charge is 0.338 e. The van der Waals surface area contributed by atoms with Crippen LogP contribution < -0.4 is 16.0 Å². The highest BCUT2D eigenvalue weighted by Crippen LogP contribution is 2.42. The number of rotatable bonds is 8. The third-order valence-electron chi connectivity index (χ3n) is 6.88. The van der Waals surface area contributed by atoms with Crippen LogP contribution in [-0.2, 0) is 4.79 Å². The minimum absolute atomic E-state index is 0.101. The Bertz CT molecular complexity index is 1430. The Hall–Kier alpha value is -4.02. The molecule has 3 aromatic rings. The lowest BCUT2D eigenvalue weighted by Gasteiger charge is -2.27. The fourth-order valence-corrected chi connectivity index (χ4v) is 4.16. The van der Waals surface area contributed by atoms with Gasteiger partial charge in [-0.05, 0) is 79.3 Å². The Morgan fingerprint density at radius 3 is 2.40 bits per heavy atom. The van der Waals surface area contributed by atoms with Crippen LogP contribution in [0.15, 0.2) is 42.6 Å². The summed E-state index contributed by atoms with van der Waals surface area (Å²) in [6.45, 7) is 5.03. The van der Waals surface area contributed by atoms with Gasteiger partial charge in [-0.25, -0.2) is 14.2 Å². The van der Waals surface area contributed by atoms with Crippen molar-refractivity contribution >= 4 is 23.4 Å². The number of alkyl halides is 3. The molecule has 7 nitrogen and oxygen atoms in total. The van der Waals surface area contributed by atoms with Gasteiger partial charge < -0.3 is 16.0 Å². The normalized spacial score (nSPS) is 13.6. The van der Waals surface area contributed by atoms with Gasteiger partial charge >= 0.3 is 12.2 Å². The predicted octanol–water partition coefficient (Wildman–Crippen LogP) is 7.19. The highest BCUT2D eigenvalue weighted by molar-refractivity contribution is 5.91. The van der Waals surface area contributed by atoms with Crippen LogP contribution in [0.2, 0.25) is 0 Å². The topological polar surface area (TPSA) is 96.0 Å². The van der Waals surface area contributed by atoms with E-state index in [1.807, 2.05) is 12.1 Å². The van der Waals surface area contributed by atoms with Crippen molar-refractivity contribution in [3.8, 4) is 22.4 Å². The number of anilines is 2. The van der Waals surface area contributed by atoms with Crippen molar-refractivity contribution in [3.63, 3.8) is 0 Å². The Labute approximate surface area is 229 Å². The molecule has 0 saturated heterocycles. The van der Waals surface area contributed by atoms with Crippen LogP contribution in [0, 0.1) is 18.2 Å². The molecule has 0 unspecified atom stereocenters. The minimum Gasteiger partial charge on any atom is -0.338 e. The largest absolute Gasteiger partial charge is 0.394 e. The highest BCUT2D eigenvalue weighted by Gasteiger charge is 2.46. The molecule has 1 fully saturated rings. The molecular weight excluding hydrogens is 526 g/mol. The lowest BCUT2D eigenvalue weighted by Crippen LogP contribution is -2.37. The first-order chi connectivity index (χ1) is 18.7. The second kappa shape index (κ2) is 11.2. The number of aryl methyl sites for hydroxylation is 1. The van der Waals surface area contributed by atoms with Crippen molar-refractivity contribution in [3.05, 3.63) is 59.7 Å². The number of amides is 3. The van der Waals surface area contributed by atoms with Crippen LogP contribution in [0.25, 0.3) is 22.4 Å².